The van der Waals surface area contributed by atoms with Crippen LogP contribution in [-0.4, -0.2) is 27.0 Å². The zero-order valence-electron chi connectivity index (χ0n) is 5.70. The molecule has 0 aromatic heterocycles. The number of hydrogen-bond acceptors (Lipinski definition) is 4. The molecule has 62 valence electrons. The fraction of sp³-hybridized carbons (Fsp3) is 1.00. The molecular formula is C4H11NO3S2. The molecule has 0 rings (SSSR count). The molecule has 0 heterocycles. The molecule has 0 aromatic rings. The van der Waals surface area contributed by atoms with E-state index in [4.69, 9.17) is 0 Å². The Morgan fingerprint density at radius 3 is 2.60 bits per heavy atom. The number of rotatable bonds is 5. The first-order chi connectivity index (χ1) is 4.62. The first-order valence-corrected chi connectivity index (χ1v) is 5.04. The van der Waals surface area contributed by atoms with Gasteiger partial charge < -0.3 is 0 Å². The summed E-state index contributed by atoms with van der Waals surface area (Å²) in [5.41, 5.74) is 0. The minimum absolute atomic E-state index is 0.0599. The van der Waals surface area contributed by atoms with Gasteiger partial charge in [0.1, 0.15) is 0 Å². The standard InChI is InChI=1S/C4H11NO3S2/c1-8-5-10(6,7)4-2-3-9/h5,9H,2-4H2,1H3. The van der Waals surface area contributed by atoms with Gasteiger partial charge in [0.05, 0.1) is 12.9 Å². The monoisotopic (exact) mass is 185 g/mol. The molecule has 4 nitrogen and oxygen atoms in total. The lowest BCUT2D eigenvalue weighted by atomic mass is 10.6. The highest BCUT2D eigenvalue weighted by Gasteiger charge is 2.06. The summed E-state index contributed by atoms with van der Waals surface area (Å²) in [6.45, 7) is 0. The molecule has 0 aliphatic rings. The Hall–Kier alpha value is 0.220. The maximum Gasteiger partial charge on any atom is 0.233 e. The van der Waals surface area contributed by atoms with Gasteiger partial charge in [-0.15, -0.1) is 0 Å². The van der Waals surface area contributed by atoms with E-state index in [1.807, 2.05) is 4.89 Å². The smallest absolute Gasteiger partial charge is 0.233 e. The van der Waals surface area contributed by atoms with Crippen molar-refractivity contribution in [1.82, 2.24) is 4.89 Å². The van der Waals surface area contributed by atoms with Crippen molar-refractivity contribution in [2.24, 2.45) is 0 Å². The average molecular weight is 185 g/mol. The molecule has 6 heteroatoms. The second-order valence-electron chi connectivity index (χ2n) is 1.68. The van der Waals surface area contributed by atoms with Crippen molar-refractivity contribution in [2.75, 3.05) is 18.6 Å². The average Bonchev–Trinajstić information content (AvgIpc) is 1.84. The van der Waals surface area contributed by atoms with Gasteiger partial charge in [0.2, 0.25) is 10.0 Å². The first kappa shape index (κ1) is 10.2. The summed E-state index contributed by atoms with van der Waals surface area (Å²) in [5.74, 6) is 0.620. The molecule has 10 heavy (non-hydrogen) atoms. The maximum absolute atomic E-state index is 10.7. The lowest BCUT2D eigenvalue weighted by Gasteiger charge is -2.00. The molecule has 0 aliphatic heterocycles. The summed E-state index contributed by atoms with van der Waals surface area (Å²) in [7, 11) is -1.95. The van der Waals surface area contributed by atoms with E-state index in [0.717, 1.165) is 0 Å². The van der Waals surface area contributed by atoms with Crippen LogP contribution in [0.1, 0.15) is 6.42 Å². The van der Waals surface area contributed by atoms with Gasteiger partial charge in [0, 0.05) is 0 Å². The predicted octanol–water partition coefficient (Wildman–Crippen LogP) is -0.213. The normalized spacial score (nSPS) is 11.8. The van der Waals surface area contributed by atoms with Crippen LogP contribution in [0.4, 0.5) is 0 Å². The van der Waals surface area contributed by atoms with Crippen molar-refractivity contribution >= 4 is 22.7 Å². The Balaban J connectivity index is 3.65. The minimum Gasteiger partial charge on any atom is -0.290 e. The van der Waals surface area contributed by atoms with Crippen molar-refractivity contribution in [3.63, 3.8) is 0 Å². The van der Waals surface area contributed by atoms with Crippen LogP contribution in [-0.2, 0) is 14.9 Å². The molecule has 0 bridgehead atoms. The van der Waals surface area contributed by atoms with Crippen molar-refractivity contribution in [3.8, 4) is 0 Å². The lowest BCUT2D eigenvalue weighted by Crippen LogP contribution is -2.25. The predicted molar refractivity (Wildman–Crippen MR) is 42.4 cm³/mol. The van der Waals surface area contributed by atoms with Gasteiger partial charge in [-0.05, 0) is 12.2 Å². The SMILES string of the molecule is CONS(=O)(=O)CCCS. The molecule has 1 N–H and O–H groups in total. The van der Waals surface area contributed by atoms with Crippen LogP contribution in [0, 0.1) is 0 Å². The number of thiol groups is 1. The Kier molecular flexibility index (Phi) is 5.06. The third-order valence-corrected chi connectivity index (χ3v) is 2.34. The van der Waals surface area contributed by atoms with E-state index < -0.39 is 10.0 Å². The third kappa shape index (κ3) is 5.04. The molecule has 0 aliphatic carbocycles. The van der Waals surface area contributed by atoms with Crippen LogP contribution in [0.15, 0.2) is 0 Å². The van der Waals surface area contributed by atoms with Gasteiger partial charge in [-0.2, -0.15) is 12.6 Å². The summed E-state index contributed by atoms with van der Waals surface area (Å²) in [4.78, 5) is 6.14. The first-order valence-electron chi connectivity index (χ1n) is 2.75. The summed E-state index contributed by atoms with van der Waals surface area (Å²) < 4.78 is 21.4. The van der Waals surface area contributed by atoms with Gasteiger partial charge >= 0.3 is 0 Å². The Bertz CT molecular complexity index is 165. The van der Waals surface area contributed by atoms with Crippen LogP contribution in [0.3, 0.4) is 0 Å². The highest BCUT2D eigenvalue weighted by Crippen LogP contribution is 1.90. The van der Waals surface area contributed by atoms with Gasteiger partial charge in [0.15, 0.2) is 0 Å². The van der Waals surface area contributed by atoms with E-state index in [1.54, 1.807) is 0 Å². The topological polar surface area (TPSA) is 55.4 Å². The van der Waals surface area contributed by atoms with E-state index in [0.29, 0.717) is 12.2 Å². The largest absolute Gasteiger partial charge is 0.290 e. The molecule has 0 atom stereocenters. The van der Waals surface area contributed by atoms with Crippen molar-refractivity contribution < 1.29 is 13.3 Å². The zero-order valence-corrected chi connectivity index (χ0v) is 7.41. The van der Waals surface area contributed by atoms with E-state index >= 15 is 0 Å². The Labute approximate surface area is 66.4 Å². The van der Waals surface area contributed by atoms with Crippen molar-refractivity contribution in [3.05, 3.63) is 0 Å². The molecule has 0 fully saturated rings. The quantitative estimate of drug-likeness (QED) is 0.460. The Morgan fingerprint density at radius 2 is 2.20 bits per heavy atom. The van der Waals surface area contributed by atoms with E-state index in [2.05, 4.69) is 17.5 Å². The van der Waals surface area contributed by atoms with Crippen LogP contribution in [0.25, 0.3) is 0 Å². The maximum atomic E-state index is 10.7. The molecule has 0 radical (unpaired) electrons. The Morgan fingerprint density at radius 1 is 1.60 bits per heavy atom. The molecule has 0 saturated heterocycles. The van der Waals surface area contributed by atoms with Gasteiger partial charge in [-0.1, -0.05) is 4.89 Å². The van der Waals surface area contributed by atoms with Crippen LogP contribution >= 0.6 is 12.6 Å². The molecule has 0 amide bonds. The summed E-state index contributed by atoms with van der Waals surface area (Å²) in [6, 6.07) is 0. The number of sulfonamides is 1. The zero-order chi connectivity index (χ0) is 8.04. The van der Waals surface area contributed by atoms with Crippen LogP contribution in [0.5, 0.6) is 0 Å². The van der Waals surface area contributed by atoms with Gasteiger partial charge in [-0.3, -0.25) is 4.84 Å². The van der Waals surface area contributed by atoms with Crippen LogP contribution in [0.2, 0.25) is 0 Å². The molecule has 0 aromatic carbocycles. The van der Waals surface area contributed by atoms with Crippen molar-refractivity contribution in [1.29, 1.82) is 0 Å². The molecular weight excluding hydrogens is 174 g/mol. The second kappa shape index (κ2) is 4.95. The van der Waals surface area contributed by atoms with E-state index in [-0.39, 0.29) is 5.75 Å². The summed E-state index contributed by atoms with van der Waals surface area (Å²) in [5, 5.41) is 0. The number of hydrogen-bond donors (Lipinski definition) is 2. The lowest BCUT2D eigenvalue weighted by molar-refractivity contribution is 0.153. The highest BCUT2D eigenvalue weighted by atomic mass is 32.2. The minimum atomic E-state index is -3.21. The molecule has 0 spiro atoms. The van der Waals surface area contributed by atoms with Crippen LogP contribution < -0.4 is 4.89 Å². The van der Waals surface area contributed by atoms with Crippen molar-refractivity contribution in [2.45, 2.75) is 6.42 Å². The molecule has 0 saturated carbocycles. The fourth-order valence-corrected chi connectivity index (χ4v) is 1.66. The van der Waals surface area contributed by atoms with Gasteiger partial charge in [0.25, 0.3) is 0 Å². The third-order valence-electron chi connectivity index (χ3n) is 0.781. The summed E-state index contributed by atoms with van der Waals surface area (Å²) >= 11 is 3.87. The molecule has 0 unspecified atom stereocenters. The highest BCUT2D eigenvalue weighted by molar-refractivity contribution is 7.89. The van der Waals surface area contributed by atoms with E-state index in [1.165, 1.54) is 7.11 Å². The van der Waals surface area contributed by atoms with Gasteiger partial charge in [-0.25, -0.2) is 8.42 Å². The fourth-order valence-electron chi connectivity index (χ4n) is 0.423. The second-order valence-corrected chi connectivity index (χ2v) is 3.94. The summed E-state index contributed by atoms with van der Waals surface area (Å²) in [6.07, 6.45) is 0.530. The van der Waals surface area contributed by atoms with E-state index in [9.17, 15) is 8.42 Å². The number of nitrogens with one attached hydrogen (secondary N) is 1.